The van der Waals surface area contributed by atoms with Gasteiger partial charge in [0.2, 0.25) is 0 Å². The number of rotatable bonds is 10. The van der Waals surface area contributed by atoms with Crippen LogP contribution < -0.4 is 9.47 Å². The molecule has 0 saturated carbocycles. The molecule has 77 heavy (non-hydrogen) atoms. The molecule has 396 valence electrons. The van der Waals surface area contributed by atoms with Crippen LogP contribution in [0.3, 0.4) is 0 Å². The van der Waals surface area contributed by atoms with Crippen LogP contribution in [0, 0.1) is 13.8 Å². The lowest BCUT2D eigenvalue weighted by atomic mass is 9.85. The second-order valence-corrected chi connectivity index (χ2v) is 26.0. The predicted molar refractivity (Wildman–Crippen MR) is 325 cm³/mol. The van der Waals surface area contributed by atoms with Gasteiger partial charge in [0, 0.05) is 50.2 Å². The fraction of sp³-hybridized carbons (Fsp3) is 0.324. The first-order chi connectivity index (χ1) is 36.2. The summed E-state index contributed by atoms with van der Waals surface area (Å²) >= 11 is 0. The molecule has 2 N–H and O–H groups in total. The first kappa shape index (κ1) is 53.0. The van der Waals surface area contributed by atoms with Gasteiger partial charge in [-0.05, 0) is 168 Å². The Morgan fingerprint density at radius 3 is 0.948 bits per heavy atom. The Morgan fingerprint density at radius 1 is 0.377 bits per heavy atom. The van der Waals surface area contributed by atoms with E-state index in [1.165, 1.54) is 43.8 Å². The SMILES string of the molecule is Cc1cc(-c2ccccc2OC(C)CC(C)Oc2ccccc2-c2cc(C)cc(-n3c4ccc(C(C)(C)C)cc4c4cc(C(C)(C)C)ccc43)c2O)c(O)c(-n2c3ccc(C(C)(C)C)cc3c3cc(C(C)(C)C)ccc32)c1. The number of benzene rings is 8. The largest absolute Gasteiger partial charge is 0.505 e. The molecule has 0 aliphatic rings. The molecule has 10 aromatic rings. The topological polar surface area (TPSA) is 68.8 Å². The van der Waals surface area contributed by atoms with Crippen LogP contribution in [0.2, 0.25) is 0 Å². The maximum absolute atomic E-state index is 12.6. The molecule has 0 spiro atoms. The molecule has 2 heterocycles. The van der Waals surface area contributed by atoms with Crippen LogP contribution in [0.1, 0.15) is 137 Å². The first-order valence-corrected chi connectivity index (χ1v) is 27.6. The van der Waals surface area contributed by atoms with Crippen molar-refractivity contribution in [3.05, 3.63) is 179 Å². The van der Waals surface area contributed by atoms with Gasteiger partial charge in [-0.2, -0.15) is 0 Å². The van der Waals surface area contributed by atoms with E-state index < -0.39 is 0 Å². The van der Waals surface area contributed by atoms with Gasteiger partial charge in [0.1, 0.15) is 23.0 Å². The fourth-order valence-electron chi connectivity index (χ4n) is 11.3. The average molecular weight is 1020 g/mol. The van der Waals surface area contributed by atoms with E-state index >= 15 is 0 Å². The van der Waals surface area contributed by atoms with Crippen LogP contribution in [0.4, 0.5) is 0 Å². The minimum atomic E-state index is -0.261. The number of fused-ring (bicyclic) bond motifs is 6. The number of phenols is 2. The van der Waals surface area contributed by atoms with E-state index in [0.717, 1.165) is 55.7 Å². The van der Waals surface area contributed by atoms with Crippen molar-refractivity contribution in [1.82, 2.24) is 9.13 Å². The van der Waals surface area contributed by atoms with Gasteiger partial charge in [0.05, 0.1) is 45.6 Å². The van der Waals surface area contributed by atoms with E-state index in [2.05, 4.69) is 217 Å². The van der Waals surface area contributed by atoms with Crippen LogP contribution in [-0.4, -0.2) is 31.6 Å². The lowest BCUT2D eigenvalue weighted by molar-refractivity contribution is 0.131. The molecule has 0 bridgehead atoms. The van der Waals surface area contributed by atoms with Crippen LogP contribution >= 0.6 is 0 Å². The number of aryl methyl sites for hydroxylation is 2. The summed E-state index contributed by atoms with van der Waals surface area (Å²) in [5, 5.41) is 29.8. The maximum atomic E-state index is 12.6. The third kappa shape index (κ3) is 9.97. The summed E-state index contributed by atoms with van der Waals surface area (Å²) in [7, 11) is 0. The average Bonchev–Trinajstić information content (AvgIpc) is 3.91. The second-order valence-electron chi connectivity index (χ2n) is 26.0. The number of hydrogen-bond donors (Lipinski definition) is 2. The smallest absolute Gasteiger partial charge is 0.147 e. The quantitative estimate of drug-likeness (QED) is 0.143. The second kappa shape index (κ2) is 19.2. The van der Waals surface area contributed by atoms with Gasteiger partial charge in [-0.25, -0.2) is 0 Å². The number of hydrogen-bond acceptors (Lipinski definition) is 4. The van der Waals surface area contributed by atoms with Crippen molar-refractivity contribution < 1.29 is 19.7 Å². The van der Waals surface area contributed by atoms with Crippen molar-refractivity contribution in [2.24, 2.45) is 0 Å². The number of phenolic OH excluding ortho intramolecular Hbond substituents is 2. The van der Waals surface area contributed by atoms with Crippen molar-refractivity contribution in [2.75, 3.05) is 0 Å². The Bertz CT molecular complexity index is 3520. The van der Waals surface area contributed by atoms with Gasteiger partial charge in [0.25, 0.3) is 0 Å². The van der Waals surface area contributed by atoms with Gasteiger partial charge in [-0.3, -0.25) is 0 Å². The maximum Gasteiger partial charge on any atom is 0.147 e. The summed E-state index contributed by atoms with van der Waals surface area (Å²) in [5.41, 5.74) is 15.7. The number of ether oxygens (including phenoxy) is 2. The summed E-state index contributed by atoms with van der Waals surface area (Å²) in [6.07, 6.45) is 0.0488. The lowest BCUT2D eigenvalue weighted by Crippen LogP contribution is -2.23. The van der Waals surface area contributed by atoms with Crippen molar-refractivity contribution in [2.45, 2.75) is 151 Å². The molecule has 0 fully saturated rings. The Hall–Kier alpha value is -7.44. The molecule has 0 aliphatic heterocycles. The monoisotopic (exact) mass is 1020 g/mol. The Labute approximate surface area is 456 Å². The van der Waals surface area contributed by atoms with Crippen LogP contribution in [0.25, 0.3) is 77.2 Å². The van der Waals surface area contributed by atoms with E-state index in [4.69, 9.17) is 9.47 Å². The van der Waals surface area contributed by atoms with Crippen molar-refractivity contribution >= 4 is 43.6 Å². The van der Waals surface area contributed by atoms with E-state index in [0.29, 0.717) is 29.0 Å². The number of aromatic hydroxyl groups is 2. The zero-order valence-corrected chi connectivity index (χ0v) is 48.3. The molecule has 10 rings (SSSR count). The first-order valence-electron chi connectivity index (χ1n) is 27.6. The third-order valence-corrected chi connectivity index (χ3v) is 15.6. The molecule has 0 saturated heterocycles. The van der Waals surface area contributed by atoms with Crippen LogP contribution in [-0.2, 0) is 21.7 Å². The highest BCUT2D eigenvalue weighted by Crippen LogP contribution is 2.47. The summed E-state index contributed by atoms with van der Waals surface area (Å²) in [6, 6.07) is 51.4. The predicted octanol–water partition coefficient (Wildman–Crippen LogP) is 19.1. The molecular weight excluding hydrogens is 945 g/mol. The third-order valence-electron chi connectivity index (χ3n) is 15.6. The molecule has 0 amide bonds. The van der Waals surface area contributed by atoms with E-state index in [9.17, 15) is 10.2 Å². The van der Waals surface area contributed by atoms with Gasteiger partial charge in [-0.15, -0.1) is 0 Å². The van der Waals surface area contributed by atoms with E-state index in [1.54, 1.807) is 0 Å². The molecule has 2 unspecified atom stereocenters. The lowest BCUT2D eigenvalue weighted by Gasteiger charge is -2.24. The highest BCUT2D eigenvalue weighted by atomic mass is 16.5. The van der Waals surface area contributed by atoms with Gasteiger partial charge in [-0.1, -0.05) is 144 Å². The molecular formula is C71H78N2O4. The van der Waals surface area contributed by atoms with Gasteiger partial charge in [0.15, 0.2) is 0 Å². The highest BCUT2D eigenvalue weighted by molar-refractivity contribution is 6.11. The number of para-hydroxylation sites is 2. The van der Waals surface area contributed by atoms with Crippen LogP contribution in [0.5, 0.6) is 23.0 Å². The normalized spacial score (nSPS) is 13.5. The molecule has 0 radical (unpaired) electrons. The summed E-state index contributed by atoms with van der Waals surface area (Å²) in [5.74, 6) is 1.74. The summed E-state index contributed by atoms with van der Waals surface area (Å²) in [6.45, 7) is 35.4. The highest BCUT2D eigenvalue weighted by Gasteiger charge is 2.27. The van der Waals surface area contributed by atoms with Gasteiger partial charge >= 0.3 is 0 Å². The van der Waals surface area contributed by atoms with Crippen molar-refractivity contribution in [3.8, 4) is 56.6 Å². The van der Waals surface area contributed by atoms with Crippen LogP contribution in [0.15, 0.2) is 146 Å². The zero-order chi connectivity index (χ0) is 55.3. The molecule has 6 nitrogen and oxygen atoms in total. The number of aromatic nitrogens is 2. The van der Waals surface area contributed by atoms with Crippen molar-refractivity contribution in [3.63, 3.8) is 0 Å². The minimum absolute atomic E-state index is 0.0286. The summed E-state index contributed by atoms with van der Waals surface area (Å²) < 4.78 is 18.2. The standard InChI is InChI=1S/C71H78N2O4/c1-42-33-56(66(74)62(35-42)72-58-29-25-46(68(5,6)7)38-52(58)53-39-47(69(8,9)10)26-30-59(53)72)50-21-17-19-23-64(50)76-44(3)37-45(4)77-65-24-20-18-22-51(65)57-34-43(2)36-63(67(57)75)73-60-31-27-48(70(11,12)13)40-54(60)55-41-49(71(14,15)16)28-32-61(55)73/h17-36,38-41,44-45,74-75H,37H2,1-16H3. The Balaban J connectivity index is 0.958. The van der Waals surface area contributed by atoms with Gasteiger partial charge < -0.3 is 28.8 Å². The Kier molecular flexibility index (Phi) is 13.2. The van der Waals surface area contributed by atoms with E-state index in [-0.39, 0.29) is 45.4 Å². The van der Waals surface area contributed by atoms with Crippen molar-refractivity contribution in [1.29, 1.82) is 0 Å². The molecule has 6 heteroatoms. The fourth-order valence-corrected chi connectivity index (χ4v) is 11.3. The Morgan fingerprint density at radius 2 is 0.662 bits per heavy atom. The molecule has 0 aliphatic carbocycles. The minimum Gasteiger partial charge on any atom is -0.505 e. The van der Waals surface area contributed by atoms with E-state index in [1.807, 2.05) is 48.5 Å². The number of nitrogens with zero attached hydrogens (tertiary/aromatic N) is 2. The zero-order valence-electron chi connectivity index (χ0n) is 48.3. The summed E-state index contributed by atoms with van der Waals surface area (Å²) in [4.78, 5) is 0. The molecule has 2 atom stereocenters. The molecule has 2 aromatic heterocycles. The molecule has 8 aromatic carbocycles.